The fourth-order valence-corrected chi connectivity index (χ4v) is 6.65. The number of benzene rings is 6. The molecule has 7 aromatic rings. The summed E-state index contributed by atoms with van der Waals surface area (Å²) in [5.41, 5.74) is 11.7. The zero-order valence-electron chi connectivity index (χ0n) is 31.8. The first kappa shape index (κ1) is 34.9. The van der Waals surface area contributed by atoms with Gasteiger partial charge in [0.25, 0.3) is 0 Å². The Balaban J connectivity index is 1.39. The van der Waals surface area contributed by atoms with Crippen LogP contribution in [0.1, 0.15) is 84.6 Å². The summed E-state index contributed by atoms with van der Waals surface area (Å²) in [6.07, 6.45) is 1.75. The van der Waals surface area contributed by atoms with E-state index in [4.69, 9.17) is 14.4 Å². The third kappa shape index (κ3) is 6.90. The molecular weight excluding hydrogens is 637 g/mol. The zero-order chi connectivity index (χ0) is 37.0. The summed E-state index contributed by atoms with van der Waals surface area (Å²) in [7, 11) is 0. The molecule has 0 amide bonds. The number of hydrogen-bond acceptors (Lipinski definition) is 4. The van der Waals surface area contributed by atoms with Crippen molar-refractivity contribution in [2.45, 2.75) is 78.6 Å². The van der Waals surface area contributed by atoms with Crippen molar-refractivity contribution in [1.29, 1.82) is 0 Å². The van der Waals surface area contributed by atoms with Crippen molar-refractivity contribution < 1.29 is 9.52 Å². The molecule has 52 heavy (non-hydrogen) atoms. The second-order valence-electron chi connectivity index (χ2n) is 17.0. The van der Waals surface area contributed by atoms with Gasteiger partial charge in [-0.2, -0.15) is 0 Å². The molecule has 4 nitrogen and oxygen atoms in total. The lowest BCUT2D eigenvalue weighted by molar-refractivity contribution is 0.473. The molecule has 4 heteroatoms. The Bertz CT molecular complexity index is 2460. The van der Waals surface area contributed by atoms with E-state index < -0.39 is 0 Å². The van der Waals surface area contributed by atoms with E-state index in [1.165, 1.54) is 16.7 Å². The first-order chi connectivity index (χ1) is 24.6. The standard InChI is InChI=1S/C48H48N2O2/c1-46(2,3)35-20-17-30(18-21-35)32-14-12-15-33(25-32)40-27-37(48(7,8)9)28-42-44(40)50-45(52-42)39-23-19-31-13-10-11-16-38(31)43(39)49-29-34-26-36(47(4,5)6)22-24-41(34)51/h10-29,51H,1-9H3. The number of phenols is 1. The van der Waals surface area contributed by atoms with Gasteiger partial charge in [0.05, 0.1) is 11.3 Å². The van der Waals surface area contributed by atoms with Gasteiger partial charge in [-0.3, -0.25) is 4.99 Å². The molecule has 1 N–H and O–H groups in total. The fraction of sp³-hybridized carbons (Fsp3) is 0.250. The fourth-order valence-electron chi connectivity index (χ4n) is 6.65. The molecule has 0 aliphatic carbocycles. The van der Waals surface area contributed by atoms with E-state index >= 15 is 0 Å². The maximum Gasteiger partial charge on any atom is 0.229 e. The second-order valence-corrected chi connectivity index (χ2v) is 17.0. The van der Waals surface area contributed by atoms with E-state index in [0.717, 1.165) is 55.4 Å². The van der Waals surface area contributed by atoms with Crippen molar-refractivity contribution >= 4 is 33.8 Å². The Hall–Kier alpha value is -5.48. The Morgan fingerprint density at radius 3 is 1.96 bits per heavy atom. The average molecular weight is 685 g/mol. The number of aromatic hydroxyl groups is 1. The number of phenolic OH excluding ortho intramolecular Hbond substituents is 1. The van der Waals surface area contributed by atoms with Gasteiger partial charge in [0.1, 0.15) is 11.3 Å². The van der Waals surface area contributed by atoms with E-state index in [0.29, 0.717) is 11.5 Å². The molecule has 0 fully saturated rings. The molecule has 0 unspecified atom stereocenters. The number of nitrogens with zero attached hydrogens (tertiary/aromatic N) is 2. The highest BCUT2D eigenvalue weighted by Crippen LogP contribution is 2.42. The molecule has 1 aromatic heterocycles. The quantitative estimate of drug-likeness (QED) is 0.184. The lowest BCUT2D eigenvalue weighted by Gasteiger charge is -2.20. The lowest BCUT2D eigenvalue weighted by Crippen LogP contribution is -2.11. The molecule has 0 atom stereocenters. The van der Waals surface area contributed by atoms with Gasteiger partial charge in [-0.25, -0.2) is 4.98 Å². The van der Waals surface area contributed by atoms with Crippen LogP contribution >= 0.6 is 0 Å². The molecule has 0 aliphatic heterocycles. The van der Waals surface area contributed by atoms with Gasteiger partial charge in [-0.1, -0.05) is 141 Å². The van der Waals surface area contributed by atoms with Crippen molar-refractivity contribution in [1.82, 2.24) is 4.98 Å². The molecular formula is C48H48N2O2. The highest BCUT2D eigenvalue weighted by atomic mass is 16.3. The topological polar surface area (TPSA) is 58.6 Å². The van der Waals surface area contributed by atoms with Crippen LogP contribution in [0.5, 0.6) is 5.75 Å². The van der Waals surface area contributed by atoms with Gasteiger partial charge in [-0.15, -0.1) is 0 Å². The Labute approximate surface area is 307 Å². The molecule has 0 bridgehead atoms. The largest absolute Gasteiger partial charge is 0.507 e. The molecule has 262 valence electrons. The number of rotatable bonds is 5. The predicted molar refractivity (Wildman–Crippen MR) is 219 cm³/mol. The summed E-state index contributed by atoms with van der Waals surface area (Å²) in [6.45, 7) is 19.9. The first-order valence-electron chi connectivity index (χ1n) is 18.1. The summed E-state index contributed by atoms with van der Waals surface area (Å²) in [6, 6.07) is 40.1. The van der Waals surface area contributed by atoms with Gasteiger partial charge >= 0.3 is 0 Å². The molecule has 1 heterocycles. The Morgan fingerprint density at radius 2 is 1.25 bits per heavy atom. The van der Waals surface area contributed by atoms with Crippen molar-refractivity contribution in [2.75, 3.05) is 0 Å². The minimum atomic E-state index is -0.113. The third-order valence-electron chi connectivity index (χ3n) is 9.98. The number of hydrogen-bond donors (Lipinski definition) is 1. The Kier molecular flexibility index (Phi) is 8.69. The number of aromatic nitrogens is 1. The van der Waals surface area contributed by atoms with Crippen LogP contribution in [-0.4, -0.2) is 16.3 Å². The summed E-state index contributed by atoms with van der Waals surface area (Å²) < 4.78 is 6.71. The smallest absolute Gasteiger partial charge is 0.229 e. The normalized spacial score (nSPS) is 12.7. The summed E-state index contributed by atoms with van der Waals surface area (Å²) in [5.74, 6) is 0.689. The summed E-state index contributed by atoms with van der Waals surface area (Å²) in [5, 5.41) is 12.9. The van der Waals surface area contributed by atoms with Gasteiger partial charge < -0.3 is 9.52 Å². The van der Waals surface area contributed by atoms with Crippen LogP contribution in [0.25, 0.3) is 55.6 Å². The number of fused-ring (bicyclic) bond motifs is 2. The summed E-state index contributed by atoms with van der Waals surface area (Å²) in [4.78, 5) is 10.3. The highest BCUT2D eigenvalue weighted by Gasteiger charge is 2.23. The van der Waals surface area contributed by atoms with Crippen molar-refractivity contribution in [2.24, 2.45) is 4.99 Å². The maximum absolute atomic E-state index is 10.8. The van der Waals surface area contributed by atoms with Crippen LogP contribution in [0, 0.1) is 0 Å². The molecule has 0 radical (unpaired) electrons. The zero-order valence-corrected chi connectivity index (χ0v) is 31.8. The number of aliphatic imine (C=N–C) groups is 1. The van der Waals surface area contributed by atoms with Crippen molar-refractivity contribution in [3.63, 3.8) is 0 Å². The number of oxazole rings is 1. The van der Waals surface area contributed by atoms with Crippen molar-refractivity contribution in [3.8, 4) is 39.5 Å². The van der Waals surface area contributed by atoms with Crippen LogP contribution in [0.3, 0.4) is 0 Å². The van der Waals surface area contributed by atoms with E-state index in [-0.39, 0.29) is 22.0 Å². The van der Waals surface area contributed by atoms with Crippen LogP contribution in [-0.2, 0) is 16.2 Å². The molecule has 0 spiro atoms. The van der Waals surface area contributed by atoms with E-state index in [9.17, 15) is 5.11 Å². The van der Waals surface area contributed by atoms with Gasteiger partial charge in [0, 0.05) is 22.7 Å². The minimum absolute atomic E-state index is 0.0703. The van der Waals surface area contributed by atoms with Gasteiger partial charge in [0.15, 0.2) is 5.58 Å². The van der Waals surface area contributed by atoms with Crippen LogP contribution in [0.2, 0.25) is 0 Å². The third-order valence-corrected chi connectivity index (χ3v) is 9.98. The highest BCUT2D eigenvalue weighted by molar-refractivity contribution is 6.03. The molecule has 7 rings (SSSR count). The lowest BCUT2D eigenvalue weighted by atomic mass is 9.84. The van der Waals surface area contributed by atoms with Crippen LogP contribution in [0.4, 0.5) is 5.69 Å². The van der Waals surface area contributed by atoms with Gasteiger partial charge in [0.2, 0.25) is 5.89 Å². The maximum atomic E-state index is 10.8. The minimum Gasteiger partial charge on any atom is -0.507 e. The van der Waals surface area contributed by atoms with Crippen LogP contribution < -0.4 is 0 Å². The van der Waals surface area contributed by atoms with Crippen molar-refractivity contribution in [3.05, 3.63) is 138 Å². The van der Waals surface area contributed by atoms with E-state index in [1.807, 2.05) is 30.3 Å². The predicted octanol–water partition coefficient (Wildman–Crippen LogP) is 13.3. The molecule has 0 saturated carbocycles. The molecule has 6 aromatic carbocycles. The summed E-state index contributed by atoms with van der Waals surface area (Å²) >= 11 is 0. The monoisotopic (exact) mass is 684 g/mol. The average Bonchev–Trinajstić information content (AvgIpc) is 3.54. The first-order valence-corrected chi connectivity index (χ1v) is 18.1. The Morgan fingerprint density at radius 1 is 0.577 bits per heavy atom. The SMILES string of the molecule is CC(C)(C)c1ccc(-c2cccc(-c3cc(C(C)(C)C)cc4oc(-c5ccc6ccccc6c5N=Cc5cc(C(C)(C)C)ccc5O)nc34)c2)cc1. The molecule has 0 saturated heterocycles. The van der Waals surface area contributed by atoms with Crippen LogP contribution in [0.15, 0.2) is 125 Å². The molecule has 0 aliphatic rings. The second kappa shape index (κ2) is 12.9. The van der Waals surface area contributed by atoms with Gasteiger partial charge in [-0.05, 0) is 91.4 Å². The van der Waals surface area contributed by atoms with E-state index in [2.05, 4.69) is 141 Å². The van der Waals surface area contributed by atoms with E-state index in [1.54, 1.807) is 12.3 Å².